The molecule has 4 nitrogen and oxygen atoms in total. The van der Waals surface area contributed by atoms with Crippen molar-refractivity contribution in [3.63, 3.8) is 0 Å². The van der Waals surface area contributed by atoms with Gasteiger partial charge in [0, 0.05) is 11.1 Å². The molecule has 0 fully saturated rings. The molecule has 146 valence electrons. The molecule has 0 radical (unpaired) electrons. The van der Waals surface area contributed by atoms with Crippen LogP contribution in [0.2, 0.25) is 0 Å². The molecule has 2 heterocycles. The van der Waals surface area contributed by atoms with E-state index in [0.717, 1.165) is 45.6 Å². The maximum atomic E-state index is 6.15. The zero-order valence-corrected chi connectivity index (χ0v) is 16.9. The average Bonchev–Trinajstić information content (AvgIpc) is 3.38. The zero-order valence-electron chi connectivity index (χ0n) is 16.9. The van der Waals surface area contributed by atoms with Crippen LogP contribution in [0.15, 0.2) is 106 Å². The Morgan fingerprint density at radius 2 is 0.833 bits per heavy atom. The van der Waals surface area contributed by atoms with Crippen molar-refractivity contribution in [2.75, 3.05) is 0 Å². The molecule has 0 N–H and O–H groups in total. The molecule has 0 amide bonds. The minimum absolute atomic E-state index is 0.814. The number of hydrogen-bond donors (Lipinski definition) is 0. The van der Waals surface area contributed by atoms with Crippen molar-refractivity contribution >= 4 is 0 Å². The van der Waals surface area contributed by atoms with E-state index >= 15 is 0 Å². The quantitative estimate of drug-likeness (QED) is 0.393. The Hall–Kier alpha value is -3.92. The van der Waals surface area contributed by atoms with Gasteiger partial charge in [0.05, 0.1) is 11.1 Å². The maximum Gasteiger partial charge on any atom is 0.380 e. The van der Waals surface area contributed by atoms with E-state index in [9.17, 15) is 0 Å². The van der Waals surface area contributed by atoms with Crippen molar-refractivity contribution in [2.24, 2.45) is 14.1 Å². The van der Waals surface area contributed by atoms with Gasteiger partial charge in [0.1, 0.15) is 14.1 Å². The summed E-state index contributed by atoms with van der Waals surface area (Å²) in [5.41, 5.74) is 4.15. The van der Waals surface area contributed by atoms with Crippen molar-refractivity contribution in [2.45, 2.75) is 0 Å². The summed E-state index contributed by atoms with van der Waals surface area (Å²) < 4.78 is 16.3. The van der Waals surface area contributed by atoms with Gasteiger partial charge in [-0.15, -0.1) is 0 Å². The Balaban J connectivity index is 1.46. The predicted molar refractivity (Wildman–Crippen MR) is 115 cm³/mol. The highest BCUT2D eigenvalue weighted by Crippen LogP contribution is 2.28. The molecular formula is C26H22N2O2+2. The first-order valence-electron chi connectivity index (χ1n) is 9.89. The predicted octanol–water partition coefficient (Wildman–Crippen LogP) is 5.19. The SMILES string of the molecule is C[n+]1cc(-c2ccccc2)oc1-c1ccc(-c2oc(-c3ccccc3)c[n+]2C)cc1. The van der Waals surface area contributed by atoms with Crippen LogP contribution in [0.3, 0.4) is 0 Å². The molecule has 0 unspecified atom stereocenters. The van der Waals surface area contributed by atoms with E-state index < -0.39 is 0 Å². The van der Waals surface area contributed by atoms with E-state index in [1.165, 1.54) is 0 Å². The van der Waals surface area contributed by atoms with Gasteiger partial charge >= 0.3 is 11.8 Å². The lowest BCUT2D eigenvalue weighted by atomic mass is 10.1. The van der Waals surface area contributed by atoms with Crippen LogP contribution in [-0.4, -0.2) is 0 Å². The highest BCUT2D eigenvalue weighted by atomic mass is 16.4. The number of rotatable bonds is 4. The third kappa shape index (κ3) is 3.33. The van der Waals surface area contributed by atoms with E-state index in [1.807, 2.05) is 96.3 Å². The summed E-state index contributed by atoms with van der Waals surface area (Å²) in [5.74, 6) is 3.33. The maximum absolute atomic E-state index is 6.15. The standard InChI is InChI=1S/C26H22N2O2/c1-27-17-23(19-9-5-3-6-10-19)29-25(27)21-13-15-22(16-14-21)26-28(2)18-24(30-26)20-11-7-4-8-12-20/h3-18H,1-2H3/q+2. The van der Waals surface area contributed by atoms with Gasteiger partial charge in [-0.1, -0.05) is 60.7 Å². The molecule has 0 atom stereocenters. The van der Waals surface area contributed by atoms with E-state index in [0.29, 0.717) is 0 Å². The molecule has 0 saturated carbocycles. The van der Waals surface area contributed by atoms with Crippen LogP contribution in [0.1, 0.15) is 0 Å². The summed E-state index contributed by atoms with van der Waals surface area (Å²) >= 11 is 0. The smallest absolute Gasteiger partial charge is 0.380 e. The van der Waals surface area contributed by atoms with Crippen molar-refractivity contribution in [3.8, 4) is 45.6 Å². The lowest BCUT2D eigenvalue weighted by Gasteiger charge is -1.97. The highest BCUT2D eigenvalue weighted by Gasteiger charge is 2.22. The Kier molecular flexibility index (Phi) is 4.52. The Morgan fingerprint density at radius 1 is 0.467 bits per heavy atom. The van der Waals surface area contributed by atoms with Gasteiger partial charge in [-0.05, 0) is 24.3 Å². The van der Waals surface area contributed by atoms with Crippen LogP contribution < -0.4 is 9.13 Å². The second-order valence-electron chi connectivity index (χ2n) is 7.33. The van der Waals surface area contributed by atoms with Crippen LogP contribution in [0.4, 0.5) is 0 Å². The lowest BCUT2D eigenvalue weighted by Crippen LogP contribution is -2.27. The fraction of sp³-hybridized carbons (Fsp3) is 0.0769. The normalized spacial score (nSPS) is 11.0. The summed E-state index contributed by atoms with van der Waals surface area (Å²) in [6.07, 6.45) is 4.02. The summed E-state index contributed by atoms with van der Waals surface area (Å²) in [6.45, 7) is 0. The van der Waals surface area contributed by atoms with Gasteiger partial charge in [-0.2, -0.15) is 9.13 Å². The molecular weight excluding hydrogens is 372 g/mol. The summed E-state index contributed by atoms with van der Waals surface area (Å²) in [4.78, 5) is 0. The second-order valence-corrected chi connectivity index (χ2v) is 7.33. The molecule has 0 aliphatic heterocycles. The topological polar surface area (TPSA) is 34.0 Å². The number of hydrogen-bond acceptors (Lipinski definition) is 2. The number of oxazole rings is 2. The molecule has 0 aliphatic carbocycles. The first-order valence-corrected chi connectivity index (χ1v) is 9.89. The second kappa shape index (κ2) is 7.48. The monoisotopic (exact) mass is 394 g/mol. The molecule has 0 saturated heterocycles. The van der Waals surface area contributed by atoms with Gasteiger partial charge in [-0.3, -0.25) is 0 Å². The van der Waals surface area contributed by atoms with Crippen molar-refractivity contribution in [3.05, 3.63) is 97.3 Å². The molecule has 0 aliphatic rings. The van der Waals surface area contributed by atoms with E-state index in [2.05, 4.69) is 24.3 Å². The molecule has 3 aromatic carbocycles. The van der Waals surface area contributed by atoms with E-state index in [4.69, 9.17) is 8.83 Å². The van der Waals surface area contributed by atoms with Crippen LogP contribution in [0, 0.1) is 0 Å². The molecule has 30 heavy (non-hydrogen) atoms. The van der Waals surface area contributed by atoms with Crippen LogP contribution in [0.5, 0.6) is 0 Å². The highest BCUT2D eigenvalue weighted by molar-refractivity contribution is 5.63. The lowest BCUT2D eigenvalue weighted by molar-refractivity contribution is -0.662. The minimum atomic E-state index is 0.814. The Bertz CT molecular complexity index is 1180. The van der Waals surface area contributed by atoms with Crippen LogP contribution in [-0.2, 0) is 14.1 Å². The van der Waals surface area contributed by atoms with E-state index in [-0.39, 0.29) is 0 Å². The van der Waals surface area contributed by atoms with E-state index in [1.54, 1.807) is 0 Å². The number of aromatic nitrogens is 2. The van der Waals surface area contributed by atoms with Gasteiger partial charge in [0.25, 0.3) is 0 Å². The van der Waals surface area contributed by atoms with Gasteiger partial charge < -0.3 is 8.83 Å². The largest absolute Gasteiger partial charge is 0.398 e. The summed E-state index contributed by atoms with van der Waals surface area (Å²) in [5, 5.41) is 0. The minimum Gasteiger partial charge on any atom is -0.398 e. The van der Waals surface area contributed by atoms with Crippen molar-refractivity contribution in [1.29, 1.82) is 0 Å². The third-order valence-electron chi connectivity index (χ3n) is 5.17. The molecule has 2 aromatic heterocycles. The molecule has 0 bridgehead atoms. The van der Waals surface area contributed by atoms with Gasteiger partial charge in [0.2, 0.25) is 23.9 Å². The Labute approximate surface area is 175 Å². The summed E-state index contributed by atoms with van der Waals surface area (Å²) in [7, 11) is 4.00. The molecule has 5 aromatic rings. The fourth-order valence-electron chi connectivity index (χ4n) is 3.63. The average molecular weight is 394 g/mol. The number of benzene rings is 3. The first-order chi connectivity index (χ1) is 14.7. The fourth-order valence-corrected chi connectivity index (χ4v) is 3.63. The van der Waals surface area contributed by atoms with Crippen LogP contribution in [0.25, 0.3) is 45.6 Å². The zero-order chi connectivity index (χ0) is 20.5. The molecule has 0 spiro atoms. The van der Waals surface area contributed by atoms with Crippen molar-refractivity contribution < 1.29 is 18.0 Å². The third-order valence-corrected chi connectivity index (χ3v) is 5.17. The summed E-state index contributed by atoms with van der Waals surface area (Å²) in [6, 6.07) is 28.5. The van der Waals surface area contributed by atoms with Crippen LogP contribution >= 0.6 is 0 Å². The number of aryl methyl sites for hydroxylation is 2. The first kappa shape index (κ1) is 18.1. The van der Waals surface area contributed by atoms with Gasteiger partial charge in [0.15, 0.2) is 0 Å². The van der Waals surface area contributed by atoms with Crippen molar-refractivity contribution in [1.82, 2.24) is 0 Å². The molecule has 5 rings (SSSR count). The number of nitrogens with zero attached hydrogens (tertiary/aromatic N) is 2. The van der Waals surface area contributed by atoms with Gasteiger partial charge in [-0.25, -0.2) is 0 Å². The Morgan fingerprint density at radius 3 is 1.20 bits per heavy atom. The molecule has 4 heteroatoms.